The number of benzene rings is 1. The van der Waals surface area contributed by atoms with E-state index in [2.05, 4.69) is 0 Å². The number of carboxylic acid groups (broad SMARTS) is 1. The molecule has 6 nitrogen and oxygen atoms in total. The van der Waals surface area contributed by atoms with Gasteiger partial charge < -0.3 is 19.5 Å². The molecule has 6 heteroatoms. The number of nitrogens with zero attached hydrogens (tertiary/aromatic N) is 1. The van der Waals surface area contributed by atoms with E-state index in [4.69, 9.17) is 9.47 Å². The lowest BCUT2D eigenvalue weighted by atomic mass is 9.92. The Morgan fingerprint density at radius 3 is 2.38 bits per heavy atom. The van der Waals surface area contributed by atoms with Crippen molar-refractivity contribution in [2.45, 2.75) is 38.6 Å². The number of likely N-dealkylation sites (tertiary alicyclic amines) is 1. The van der Waals surface area contributed by atoms with Crippen LogP contribution in [0.3, 0.4) is 0 Å². The molecule has 1 amide bonds. The van der Waals surface area contributed by atoms with Crippen molar-refractivity contribution in [1.29, 1.82) is 0 Å². The van der Waals surface area contributed by atoms with Crippen LogP contribution < -0.4 is 9.47 Å². The van der Waals surface area contributed by atoms with E-state index in [-0.39, 0.29) is 12.3 Å². The first-order valence-electron chi connectivity index (χ1n) is 8.18. The van der Waals surface area contributed by atoms with Crippen LogP contribution in [0.2, 0.25) is 0 Å². The number of carboxylic acids is 1. The molecule has 1 saturated heterocycles. The van der Waals surface area contributed by atoms with E-state index in [1.54, 1.807) is 20.3 Å². The molecule has 0 saturated carbocycles. The third-order valence-corrected chi connectivity index (χ3v) is 4.51. The van der Waals surface area contributed by atoms with Gasteiger partial charge in [-0.25, -0.2) is 4.79 Å². The highest BCUT2D eigenvalue weighted by Gasteiger charge is 2.34. The Hall–Kier alpha value is -2.24. The summed E-state index contributed by atoms with van der Waals surface area (Å²) in [7, 11) is 3.16. The lowest BCUT2D eigenvalue weighted by Crippen LogP contribution is -2.49. The topological polar surface area (TPSA) is 76.1 Å². The lowest BCUT2D eigenvalue weighted by molar-refractivity contribution is -0.153. The minimum atomic E-state index is -0.919. The third kappa shape index (κ3) is 4.40. The Kier molecular flexibility index (Phi) is 6.06. The maximum Gasteiger partial charge on any atom is 0.326 e. The summed E-state index contributed by atoms with van der Waals surface area (Å²) in [6, 6.07) is 4.80. The summed E-state index contributed by atoms with van der Waals surface area (Å²) in [6.45, 7) is 2.54. The lowest BCUT2D eigenvalue weighted by Gasteiger charge is -2.36. The predicted molar refractivity (Wildman–Crippen MR) is 89.4 cm³/mol. The summed E-state index contributed by atoms with van der Waals surface area (Å²) in [4.78, 5) is 25.4. The number of aliphatic carboxylic acids is 1. The van der Waals surface area contributed by atoms with Crippen molar-refractivity contribution in [1.82, 2.24) is 4.90 Å². The van der Waals surface area contributed by atoms with Gasteiger partial charge in [-0.15, -0.1) is 0 Å². The van der Waals surface area contributed by atoms with Gasteiger partial charge in [0.05, 0.1) is 14.2 Å². The number of piperidine rings is 1. The van der Waals surface area contributed by atoms with Crippen LogP contribution in [-0.4, -0.2) is 48.7 Å². The van der Waals surface area contributed by atoms with Gasteiger partial charge in [-0.1, -0.05) is 6.92 Å². The summed E-state index contributed by atoms with van der Waals surface area (Å²) < 4.78 is 10.5. The van der Waals surface area contributed by atoms with Crippen LogP contribution in [0.5, 0.6) is 11.5 Å². The Morgan fingerprint density at radius 2 is 1.83 bits per heavy atom. The number of hydrogen-bond acceptors (Lipinski definition) is 4. The average Bonchev–Trinajstić information content (AvgIpc) is 2.59. The molecule has 0 aliphatic carbocycles. The second-order valence-electron chi connectivity index (χ2n) is 6.29. The zero-order valence-electron chi connectivity index (χ0n) is 14.4. The first-order chi connectivity index (χ1) is 11.4. The quantitative estimate of drug-likeness (QED) is 0.863. The maximum atomic E-state index is 12.5. The molecule has 1 fully saturated rings. The van der Waals surface area contributed by atoms with E-state index in [1.807, 2.05) is 19.1 Å². The van der Waals surface area contributed by atoms with E-state index in [1.165, 1.54) is 4.90 Å². The van der Waals surface area contributed by atoms with Gasteiger partial charge in [0.1, 0.15) is 17.5 Å². The first kappa shape index (κ1) is 18.1. The number of aryl methyl sites for hydroxylation is 1. The molecule has 2 rings (SSSR count). The molecule has 0 aromatic heterocycles. The number of carbonyl (C=O) groups excluding carboxylic acids is 1. The number of ether oxygens (including phenoxy) is 2. The van der Waals surface area contributed by atoms with E-state index >= 15 is 0 Å². The molecular weight excluding hydrogens is 310 g/mol. The van der Waals surface area contributed by atoms with Gasteiger partial charge in [0.25, 0.3) is 0 Å². The highest BCUT2D eigenvalue weighted by atomic mass is 16.5. The highest BCUT2D eigenvalue weighted by Crippen LogP contribution is 2.26. The zero-order valence-corrected chi connectivity index (χ0v) is 14.4. The van der Waals surface area contributed by atoms with Crippen LogP contribution in [0, 0.1) is 5.92 Å². The van der Waals surface area contributed by atoms with Gasteiger partial charge in [-0.3, -0.25) is 4.79 Å². The van der Waals surface area contributed by atoms with Gasteiger partial charge in [-0.05, 0) is 42.9 Å². The molecule has 1 aliphatic heterocycles. The second kappa shape index (κ2) is 8.04. The molecule has 1 aromatic rings. The fraction of sp³-hybridized carbons (Fsp3) is 0.556. The van der Waals surface area contributed by atoms with E-state index in [0.717, 1.165) is 12.0 Å². The Labute approximate surface area is 142 Å². The van der Waals surface area contributed by atoms with Crippen molar-refractivity contribution in [3.63, 3.8) is 0 Å². The van der Waals surface area contributed by atoms with Crippen LogP contribution in [0.15, 0.2) is 18.2 Å². The monoisotopic (exact) mass is 335 g/mol. The summed E-state index contributed by atoms with van der Waals surface area (Å²) in [5.74, 6) is 0.644. The minimum Gasteiger partial charge on any atom is -0.497 e. The third-order valence-electron chi connectivity index (χ3n) is 4.51. The van der Waals surface area contributed by atoms with Gasteiger partial charge in [0.15, 0.2) is 0 Å². The number of rotatable bonds is 6. The first-order valence-corrected chi connectivity index (χ1v) is 8.18. The van der Waals surface area contributed by atoms with Crippen LogP contribution in [-0.2, 0) is 16.0 Å². The molecule has 2 unspecified atom stereocenters. The average molecular weight is 335 g/mol. The van der Waals surface area contributed by atoms with Gasteiger partial charge in [-0.2, -0.15) is 0 Å². The van der Waals surface area contributed by atoms with Crippen molar-refractivity contribution < 1.29 is 24.2 Å². The summed E-state index contributed by atoms with van der Waals surface area (Å²) in [5, 5.41) is 9.37. The van der Waals surface area contributed by atoms with Crippen LogP contribution in [0.25, 0.3) is 0 Å². The normalized spacial score (nSPS) is 20.5. The van der Waals surface area contributed by atoms with Gasteiger partial charge >= 0.3 is 5.97 Å². The van der Waals surface area contributed by atoms with Crippen molar-refractivity contribution in [3.05, 3.63) is 23.8 Å². The molecule has 1 aliphatic rings. The molecule has 132 valence electrons. The zero-order chi connectivity index (χ0) is 17.7. The number of carbonyl (C=O) groups is 2. The highest BCUT2D eigenvalue weighted by molar-refractivity contribution is 5.84. The van der Waals surface area contributed by atoms with Crippen LogP contribution in [0.1, 0.15) is 31.7 Å². The molecule has 0 bridgehead atoms. The fourth-order valence-corrected chi connectivity index (χ4v) is 3.08. The van der Waals surface area contributed by atoms with Crippen molar-refractivity contribution >= 4 is 11.9 Å². The molecule has 1 aromatic carbocycles. The molecule has 1 heterocycles. The second-order valence-corrected chi connectivity index (χ2v) is 6.29. The van der Waals surface area contributed by atoms with E-state index < -0.39 is 12.0 Å². The number of amides is 1. The van der Waals surface area contributed by atoms with Crippen LogP contribution in [0.4, 0.5) is 0 Å². The van der Waals surface area contributed by atoms with Gasteiger partial charge in [0.2, 0.25) is 5.91 Å². The maximum absolute atomic E-state index is 12.5. The molecule has 2 atom stereocenters. The number of methoxy groups -OCH3 is 2. The molecule has 0 radical (unpaired) electrons. The summed E-state index contributed by atoms with van der Waals surface area (Å²) in [6.07, 6.45) is 2.16. The van der Waals surface area contributed by atoms with Crippen molar-refractivity contribution in [3.8, 4) is 11.5 Å². The Bertz CT molecular complexity index is 579. The summed E-state index contributed by atoms with van der Waals surface area (Å²) >= 11 is 0. The molecule has 0 spiro atoms. The summed E-state index contributed by atoms with van der Waals surface area (Å²) in [5.41, 5.74) is 0.928. The van der Waals surface area contributed by atoms with Crippen LogP contribution >= 0.6 is 0 Å². The van der Waals surface area contributed by atoms with E-state index in [0.29, 0.717) is 36.8 Å². The van der Waals surface area contributed by atoms with Crippen molar-refractivity contribution in [2.24, 2.45) is 5.92 Å². The predicted octanol–water partition coefficient (Wildman–Crippen LogP) is 2.35. The molecule has 24 heavy (non-hydrogen) atoms. The minimum absolute atomic E-state index is 0.115. The number of hydrogen-bond donors (Lipinski definition) is 1. The smallest absolute Gasteiger partial charge is 0.326 e. The van der Waals surface area contributed by atoms with E-state index in [9.17, 15) is 14.7 Å². The van der Waals surface area contributed by atoms with Crippen molar-refractivity contribution in [2.75, 3.05) is 20.8 Å². The molecular formula is C18H25NO5. The SMILES string of the molecule is COc1cc(CCC(=O)N2CCC(C)CC2C(=O)O)cc(OC)c1. The standard InChI is InChI=1S/C18H25NO5/c1-12-6-7-19(16(8-12)18(21)22)17(20)5-4-13-9-14(23-2)11-15(10-13)24-3/h9-12,16H,4-8H2,1-3H3,(H,21,22). The Morgan fingerprint density at radius 1 is 1.21 bits per heavy atom. The molecule has 1 N–H and O–H groups in total. The fourth-order valence-electron chi connectivity index (χ4n) is 3.08. The Balaban J connectivity index is 2.03. The largest absolute Gasteiger partial charge is 0.497 e. The van der Waals surface area contributed by atoms with Gasteiger partial charge in [0, 0.05) is 19.0 Å².